The Morgan fingerprint density at radius 2 is 1.90 bits per heavy atom. The SMILES string of the molecule is CC(C)NCCCCCN1CCC(N2CCOCC2)C1. The van der Waals surface area contributed by atoms with Crippen LogP contribution >= 0.6 is 0 Å². The largest absolute Gasteiger partial charge is 0.379 e. The molecule has 0 amide bonds. The van der Waals surface area contributed by atoms with Crippen molar-refractivity contribution < 1.29 is 4.74 Å². The van der Waals surface area contributed by atoms with Crippen LogP contribution in [0.4, 0.5) is 0 Å². The van der Waals surface area contributed by atoms with E-state index in [0.717, 1.165) is 32.3 Å². The van der Waals surface area contributed by atoms with Crippen molar-refractivity contribution in [2.75, 3.05) is 52.5 Å². The minimum atomic E-state index is 0.628. The summed E-state index contributed by atoms with van der Waals surface area (Å²) in [4.78, 5) is 5.30. The maximum atomic E-state index is 5.44. The van der Waals surface area contributed by atoms with Crippen LogP contribution in [-0.2, 0) is 4.74 Å². The lowest BCUT2D eigenvalue weighted by Gasteiger charge is -2.32. The molecule has 2 rings (SSSR count). The minimum absolute atomic E-state index is 0.628. The van der Waals surface area contributed by atoms with Crippen molar-refractivity contribution in [2.24, 2.45) is 0 Å². The van der Waals surface area contributed by atoms with Crippen LogP contribution in [0, 0.1) is 0 Å². The van der Waals surface area contributed by atoms with Gasteiger partial charge in [0.05, 0.1) is 13.2 Å². The molecular formula is C16H33N3O. The van der Waals surface area contributed by atoms with Gasteiger partial charge in [-0.25, -0.2) is 0 Å². The monoisotopic (exact) mass is 283 g/mol. The normalized spacial score (nSPS) is 25.6. The second kappa shape index (κ2) is 8.98. The first kappa shape index (κ1) is 16.2. The molecule has 0 saturated carbocycles. The third kappa shape index (κ3) is 5.68. The fourth-order valence-corrected chi connectivity index (χ4v) is 3.28. The highest BCUT2D eigenvalue weighted by Crippen LogP contribution is 2.17. The molecule has 0 bridgehead atoms. The van der Waals surface area contributed by atoms with Gasteiger partial charge in [0.15, 0.2) is 0 Å². The van der Waals surface area contributed by atoms with E-state index in [1.54, 1.807) is 0 Å². The summed E-state index contributed by atoms with van der Waals surface area (Å²) in [6, 6.07) is 1.42. The molecule has 1 unspecified atom stereocenters. The highest BCUT2D eigenvalue weighted by molar-refractivity contribution is 4.84. The van der Waals surface area contributed by atoms with Gasteiger partial charge in [-0.2, -0.15) is 0 Å². The van der Waals surface area contributed by atoms with Gasteiger partial charge in [-0.05, 0) is 38.9 Å². The Morgan fingerprint density at radius 1 is 1.10 bits per heavy atom. The van der Waals surface area contributed by atoms with E-state index < -0.39 is 0 Å². The Kier molecular flexibility index (Phi) is 7.28. The van der Waals surface area contributed by atoms with Crippen molar-refractivity contribution in [1.29, 1.82) is 0 Å². The van der Waals surface area contributed by atoms with E-state index in [9.17, 15) is 0 Å². The second-order valence-corrected chi connectivity index (χ2v) is 6.56. The number of hydrogen-bond acceptors (Lipinski definition) is 4. The van der Waals surface area contributed by atoms with E-state index >= 15 is 0 Å². The number of ether oxygens (including phenoxy) is 1. The van der Waals surface area contributed by atoms with Gasteiger partial charge in [0, 0.05) is 31.7 Å². The number of likely N-dealkylation sites (tertiary alicyclic amines) is 1. The van der Waals surface area contributed by atoms with Crippen LogP contribution in [0.25, 0.3) is 0 Å². The lowest BCUT2D eigenvalue weighted by Crippen LogP contribution is -2.44. The number of nitrogens with one attached hydrogen (secondary N) is 1. The molecule has 1 atom stereocenters. The Balaban J connectivity index is 1.50. The molecule has 20 heavy (non-hydrogen) atoms. The Morgan fingerprint density at radius 3 is 2.65 bits per heavy atom. The van der Waals surface area contributed by atoms with E-state index in [4.69, 9.17) is 4.74 Å². The summed E-state index contributed by atoms with van der Waals surface area (Å²) in [5.41, 5.74) is 0. The van der Waals surface area contributed by atoms with Crippen LogP contribution < -0.4 is 5.32 Å². The summed E-state index contributed by atoms with van der Waals surface area (Å²) >= 11 is 0. The van der Waals surface area contributed by atoms with Gasteiger partial charge in [-0.3, -0.25) is 4.90 Å². The highest BCUT2D eigenvalue weighted by Gasteiger charge is 2.28. The molecule has 0 aromatic rings. The van der Waals surface area contributed by atoms with Crippen molar-refractivity contribution in [2.45, 2.75) is 51.6 Å². The third-order valence-electron chi connectivity index (χ3n) is 4.51. The molecule has 4 heteroatoms. The molecule has 0 aliphatic carbocycles. The average molecular weight is 283 g/mol. The summed E-state index contributed by atoms with van der Waals surface area (Å²) < 4.78 is 5.44. The Bertz CT molecular complexity index is 254. The van der Waals surface area contributed by atoms with E-state index in [-0.39, 0.29) is 0 Å². The molecule has 2 aliphatic rings. The van der Waals surface area contributed by atoms with E-state index in [1.807, 2.05) is 0 Å². The van der Waals surface area contributed by atoms with Gasteiger partial charge in [-0.1, -0.05) is 20.3 Å². The standard InChI is InChI=1S/C16H33N3O/c1-15(2)17-7-4-3-5-8-18-9-6-16(14-18)19-10-12-20-13-11-19/h15-17H,3-14H2,1-2H3. The second-order valence-electron chi connectivity index (χ2n) is 6.56. The molecular weight excluding hydrogens is 250 g/mol. The maximum absolute atomic E-state index is 5.44. The number of nitrogens with zero attached hydrogens (tertiary/aromatic N) is 2. The summed E-state index contributed by atoms with van der Waals surface area (Å²) in [6.07, 6.45) is 5.39. The molecule has 2 heterocycles. The van der Waals surface area contributed by atoms with Crippen LogP contribution in [-0.4, -0.2) is 74.4 Å². The summed E-state index contributed by atoms with van der Waals surface area (Å²) in [5, 5.41) is 3.49. The fraction of sp³-hybridized carbons (Fsp3) is 1.00. The lowest BCUT2D eigenvalue weighted by molar-refractivity contribution is 0.0185. The van der Waals surface area contributed by atoms with Crippen LogP contribution in [0.3, 0.4) is 0 Å². The molecule has 2 fully saturated rings. The molecule has 0 aromatic carbocycles. The molecule has 118 valence electrons. The quantitative estimate of drug-likeness (QED) is 0.684. The minimum Gasteiger partial charge on any atom is -0.379 e. The van der Waals surface area contributed by atoms with Crippen LogP contribution in [0.5, 0.6) is 0 Å². The van der Waals surface area contributed by atoms with Crippen molar-refractivity contribution in [3.63, 3.8) is 0 Å². The first-order valence-corrected chi connectivity index (χ1v) is 8.53. The smallest absolute Gasteiger partial charge is 0.0594 e. The first-order chi connectivity index (χ1) is 9.75. The van der Waals surface area contributed by atoms with Crippen molar-refractivity contribution in [1.82, 2.24) is 15.1 Å². The zero-order valence-corrected chi connectivity index (χ0v) is 13.4. The van der Waals surface area contributed by atoms with E-state index in [0.29, 0.717) is 6.04 Å². The number of hydrogen-bond donors (Lipinski definition) is 1. The van der Waals surface area contributed by atoms with Gasteiger partial charge >= 0.3 is 0 Å². The summed E-state index contributed by atoms with van der Waals surface area (Å²) in [6.45, 7) is 13.6. The molecule has 2 aliphatic heterocycles. The van der Waals surface area contributed by atoms with Gasteiger partial charge < -0.3 is 15.0 Å². The van der Waals surface area contributed by atoms with Crippen molar-refractivity contribution in [3.05, 3.63) is 0 Å². The first-order valence-electron chi connectivity index (χ1n) is 8.53. The van der Waals surface area contributed by atoms with Gasteiger partial charge in [-0.15, -0.1) is 0 Å². The number of rotatable bonds is 8. The maximum Gasteiger partial charge on any atom is 0.0594 e. The van der Waals surface area contributed by atoms with Gasteiger partial charge in [0.1, 0.15) is 0 Å². The van der Waals surface area contributed by atoms with Gasteiger partial charge in [0.25, 0.3) is 0 Å². The van der Waals surface area contributed by atoms with Gasteiger partial charge in [0.2, 0.25) is 0 Å². The zero-order valence-electron chi connectivity index (χ0n) is 13.4. The average Bonchev–Trinajstić information content (AvgIpc) is 2.92. The van der Waals surface area contributed by atoms with Crippen molar-refractivity contribution in [3.8, 4) is 0 Å². The summed E-state index contributed by atoms with van der Waals surface area (Å²) in [7, 11) is 0. The fourth-order valence-electron chi connectivity index (χ4n) is 3.28. The molecule has 4 nitrogen and oxygen atoms in total. The predicted octanol–water partition coefficient (Wildman–Crippen LogP) is 1.56. The van der Waals surface area contributed by atoms with E-state index in [2.05, 4.69) is 29.0 Å². The zero-order chi connectivity index (χ0) is 14.2. The number of morpholine rings is 1. The molecule has 1 N–H and O–H groups in total. The molecule has 0 spiro atoms. The molecule has 0 aromatic heterocycles. The molecule has 2 saturated heterocycles. The van der Waals surface area contributed by atoms with Crippen molar-refractivity contribution >= 4 is 0 Å². The topological polar surface area (TPSA) is 27.7 Å². The Hall–Kier alpha value is -0.160. The van der Waals surface area contributed by atoms with Crippen LogP contribution in [0.2, 0.25) is 0 Å². The van der Waals surface area contributed by atoms with Crippen LogP contribution in [0.1, 0.15) is 39.5 Å². The van der Waals surface area contributed by atoms with Crippen LogP contribution in [0.15, 0.2) is 0 Å². The third-order valence-corrected chi connectivity index (χ3v) is 4.51. The highest BCUT2D eigenvalue weighted by atomic mass is 16.5. The predicted molar refractivity (Wildman–Crippen MR) is 84.2 cm³/mol. The molecule has 0 radical (unpaired) electrons. The summed E-state index contributed by atoms with van der Waals surface area (Å²) in [5.74, 6) is 0. The van der Waals surface area contributed by atoms with E-state index in [1.165, 1.54) is 51.9 Å². The lowest BCUT2D eigenvalue weighted by atomic mass is 10.2. The Labute approximate surface area is 124 Å². The number of unbranched alkanes of at least 4 members (excludes halogenated alkanes) is 2.